The minimum Gasteiger partial charge on any atom is -0.480 e. The third-order valence-electron chi connectivity index (χ3n) is 3.43. The van der Waals surface area contributed by atoms with Gasteiger partial charge in [0.25, 0.3) is 5.91 Å². The molecule has 1 fully saturated rings. The number of carbonyl (C=O) groups is 2. The van der Waals surface area contributed by atoms with E-state index < -0.39 is 17.4 Å². The molecule has 0 aromatic carbocycles. The van der Waals surface area contributed by atoms with Crippen molar-refractivity contribution >= 4 is 23.2 Å². The van der Waals surface area contributed by atoms with E-state index in [0.717, 1.165) is 6.42 Å². The summed E-state index contributed by atoms with van der Waals surface area (Å²) in [5, 5.41) is 12.4. The maximum absolute atomic E-state index is 12.1. The minimum absolute atomic E-state index is 0.379. The number of nitrogens with zero attached hydrogens (tertiary/aromatic N) is 1. The molecular weight excluding hydrogens is 280 g/mol. The summed E-state index contributed by atoms with van der Waals surface area (Å²) in [7, 11) is 0. The molecule has 2 heterocycles. The molecular formula is C13H12N2O4S. The van der Waals surface area contributed by atoms with Gasteiger partial charge in [-0.25, -0.2) is 9.78 Å². The standard InChI is InChI=1S/C13H12N2O4S/c16-10(15-13(12(17)18)4-2-5-13)9-7-14-11(20-9)8-3-1-6-19-8/h1,3,6-7H,2,4-5H2,(H,15,16)(H,17,18). The van der Waals surface area contributed by atoms with Crippen LogP contribution >= 0.6 is 11.3 Å². The number of hydrogen-bond donors (Lipinski definition) is 2. The fourth-order valence-electron chi connectivity index (χ4n) is 2.09. The van der Waals surface area contributed by atoms with Gasteiger partial charge >= 0.3 is 5.97 Å². The van der Waals surface area contributed by atoms with Crippen LogP contribution in [0.2, 0.25) is 0 Å². The first-order valence-electron chi connectivity index (χ1n) is 6.16. The maximum atomic E-state index is 12.1. The third-order valence-corrected chi connectivity index (χ3v) is 4.44. The smallest absolute Gasteiger partial charge is 0.329 e. The van der Waals surface area contributed by atoms with Crippen molar-refractivity contribution in [2.24, 2.45) is 0 Å². The second-order valence-corrected chi connectivity index (χ2v) is 5.73. The zero-order valence-electron chi connectivity index (χ0n) is 10.5. The van der Waals surface area contributed by atoms with Crippen molar-refractivity contribution in [3.8, 4) is 10.8 Å². The Labute approximate surface area is 118 Å². The second kappa shape index (κ2) is 4.75. The van der Waals surface area contributed by atoms with Crippen LogP contribution in [0.25, 0.3) is 10.8 Å². The number of amides is 1. The first-order valence-corrected chi connectivity index (χ1v) is 6.98. The van der Waals surface area contributed by atoms with Crippen molar-refractivity contribution < 1.29 is 19.1 Å². The Hall–Kier alpha value is -2.15. The molecule has 3 rings (SSSR count). The number of hydrogen-bond acceptors (Lipinski definition) is 5. The number of carbonyl (C=O) groups excluding carboxylic acids is 1. The molecule has 1 aliphatic rings. The van der Waals surface area contributed by atoms with Crippen LogP contribution in [0.15, 0.2) is 29.0 Å². The van der Waals surface area contributed by atoms with Crippen LogP contribution in [0.4, 0.5) is 0 Å². The summed E-state index contributed by atoms with van der Waals surface area (Å²) in [6.07, 6.45) is 4.72. The number of furan rings is 1. The summed E-state index contributed by atoms with van der Waals surface area (Å²) in [6, 6.07) is 3.50. The lowest BCUT2D eigenvalue weighted by Crippen LogP contribution is -2.59. The Morgan fingerprint density at radius 2 is 2.25 bits per heavy atom. The first-order chi connectivity index (χ1) is 9.61. The predicted molar refractivity (Wildman–Crippen MR) is 71.5 cm³/mol. The van der Waals surface area contributed by atoms with E-state index in [9.17, 15) is 14.7 Å². The van der Waals surface area contributed by atoms with Crippen molar-refractivity contribution in [3.63, 3.8) is 0 Å². The zero-order valence-corrected chi connectivity index (χ0v) is 11.3. The Morgan fingerprint density at radius 3 is 2.80 bits per heavy atom. The van der Waals surface area contributed by atoms with Gasteiger partial charge in [-0.3, -0.25) is 4.79 Å². The van der Waals surface area contributed by atoms with E-state index in [1.807, 2.05) is 0 Å². The number of aromatic nitrogens is 1. The molecule has 2 aromatic heterocycles. The lowest BCUT2D eigenvalue weighted by molar-refractivity contribution is -0.148. The molecule has 6 nitrogen and oxygen atoms in total. The van der Waals surface area contributed by atoms with Crippen molar-refractivity contribution in [3.05, 3.63) is 29.5 Å². The lowest BCUT2D eigenvalue weighted by Gasteiger charge is -2.37. The molecule has 2 aromatic rings. The monoisotopic (exact) mass is 292 g/mol. The molecule has 1 amide bonds. The number of aliphatic carboxylic acids is 1. The van der Waals surface area contributed by atoms with Gasteiger partial charge in [0.15, 0.2) is 10.8 Å². The van der Waals surface area contributed by atoms with Crippen molar-refractivity contribution in [2.75, 3.05) is 0 Å². The summed E-state index contributed by atoms with van der Waals surface area (Å²) in [6.45, 7) is 0. The molecule has 0 bridgehead atoms. The van der Waals surface area contributed by atoms with Crippen LogP contribution in [0, 0.1) is 0 Å². The molecule has 0 saturated heterocycles. The largest absolute Gasteiger partial charge is 0.480 e. The van der Waals surface area contributed by atoms with Crippen molar-refractivity contribution in [2.45, 2.75) is 24.8 Å². The number of rotatable bonds is 4. The summed E-state index contributed by atoms with van der Waals surface area (Å²) >= 11 is 1.18. The normalized spacial score (nSPS) is 16.4. The molecule has 0 spiro atoms. The quantitative estimate of drug-likeness (QED) is 0.900. The van der Waals surface area contributed by atoms with Crippen LogP contribution in [0.1, 0.15) is 28.9 Å². The van der Waals surface area contributed by atoms with E-state index in [2.05, 4.69) is 10.3 Å². The Bertz CT molecular complexity index is 643. The zero-order chi connectivity index (χ0) is 14.2. The molecule has 1 saturated carbocycles. The molecule has 7 heteroatoms. The van der Waals surface area contributed by atoms with E-state index in [1.165, 1.54) is 23.8 Å². The number of nitrogens with one attached hydrogen (secondary N) is 1. The van der Waals surface area contributed by atoms with E-state index in [1.54, 1.807) is 12.1 Å². The highest BCUT2D eigenvalue weighted by Crippen LogP contribution is 2.33. The summed E-state index contributed by atoms with van der Waals surface area (Å²) in [5.41, 5.74) is -1.11. The van der Waals surface area contributed by atoms with E-state index in [4.69, 9.17) is 4.42 Å². The van der Waals surface area contributed by atoms with Gasteiger partial charge in [-0.1, -0.05) is 0 Å². The minimum atomic E-state index is -1.11. The van der Waals surface area contributed by atoms with Gasteiger partial charge in [0.1, 0.15) is 10.4 Å². The van der Waals surface area contributed by atoms with Gasteiger partial charge in [-0.05, 0) is 31.4 Å². The van der Waals surface area contributed by atoms with Crippen LogP contribution in [0.5, 0.6) is 0 Å². The van der Waals surface area contributed by atoms with E-state index >= 15 is 0 Å². The van der Waals surface area contributed by atoms with Crippen molar-refractivity contribution in [1.29, 1.82) is 0 Å². The molecule has 0 unspecified atom stereocenters. The lowest BCUT2D eigenvalue weighted by atomic mass is 9.77. The highest BCUT2D eigenvalue weighted by Gasteiger charge is 2.46. The fourth-order valence-corrected chi connectivity index (χ4v) is 2.87. The number of carboxylic acids is 1. The van der Waals surface area contributed by atoms with Gasteiger partial charge in [0, 0.05) is 0 Å². The van der Waals surface area contributed by atoms with Gasteiger partial charge in [-0.2, -0.15) is 0 Å². The number of carboxylic acid groups (broad SMARTS) is 1. The summed E-state index contributed by atoms with van der Waals surface area (Å²) in [4.78, 5) is 27.8. The van der Waals surface area contributed by atoms with Crippen LogP contribution in [0.3, 0.4) is 0 Å². The topological polar surface area (TPSA) is 92.4 Å². The summed E-state index contributed by atoms with van der Waals surface area (Å²) in [5.74, 6) is -0.791. The van der Waals surface area contributed by atoms with Crippen LogP contribution in [-0.4, -0.2) is 27.5 Å². The van der Waals surface area contributed by atoms with Crippen molar-refractivity contribution in [1.82, 2.24) is 10.3 Å². The molecule has 20 heavy (non-hydrogen) atoms. The molecule has 0 aliphatic heterocycles. The average Bonchev–Trinajstić information content (AvgIpc) is 3.01. The van der Waals surface area contributed by atoms with E-state index in [0.29, 0.717) is 28.5 Å². The number of thiazole rings is 1. The highest BCUT2D eigenvalue weighted by molar-refractivity contribution is 7.16. The molecule has 0 atom stereocenters. The Morgan fingerprint density at radius 1 is 1.45 bits per heavy atom. The fraction of sp³-hybridized carbons (Fsp3) is 0.308. The SMILES string of the molecule is O=C(NC1(C(=O)O)CCC1)c1cnc(-c2ccco2)s1. The van der Waals surface area contributed by atoms with E-state index in [-0.39, 0.29) is 0 Å². The molecule has 1 aliphatic carbocycles. The van der Waals surface area contributed by atoms with Gasteiger partial charge in [0.2, 0.25) is 0 Å². The Balaban J connectivity index is 1.76. The second-order valence-electron chi connectivity index (χ2n) is 4.70. The van der Waals surface area contributed by atoms with Gasteiger partial charge in [-0.15, -0.1) is 11.3 Å². The maximum Gasteiger partial charge on any atom is 0.329 e. The average molecular weight is 292 g/mol. The Kier molecular flexibility index (Phi) is 3.06. The molecule has 104 valence electrons. The first kappa shape index (κ1) is 12.9. The third kappa shape index (κ3) is 2.09. The van der Waals surface area contributed by atoms with Gasteiger partial charge < -0.3 is 14.8 Å². The van der Waals surface area contributed by atoms with Crippen LogP contribution < -0.4 is 5.32 Å². The highest BCUT2D eigenvalue weighted by atomic mass is 32.1. The predicted octanol–water partition coefficient (Wildman–Crippen LogP) is 2.14. The van der Waals surface area contributed by atoms with Crippen LogP contribution in [-0.2, 0) is 4.79 Å². The molecule has 0 radical (unpaired) electrons. The summed E-state index contributed by atoms with van der Waals surface area (Å²) < 4.78 is 5.21. The van der Waals surface area contributed by atoms with Gasteiger partial charge in [0.05, 0.1) is 12.5 Å². The molecule has 2 N–H and O–H groups in total.